The number of aromatic nitrogens is 2. The van der Waals surface area contributed by atoms with Crippen LogP contribution in [0.1, 0.15) is 34.5 Å². The van der Waals surface area contributed by atoms with Gasteiger partial charge in [-0.1, -0.05) is 12.1 Å². The first-order chi connectivity index (χ1) is 16.3. The fraction of sp³-hybridized carbons (Fsp3) is 0.208. The second-order valence-corrected chi connectivity index (χ2v) is 8.20. The minimum absolute atomic E-state index is 0.00928. The molecule has 5 rings (SSSR count). The number of carbonyl (C=O) groups excluding carboxylic acids is 2. The van der Waals surface area contributed by atoms with Crippen LogP contribution in [0.15, 0.2) is 61.1 Å². The topological polar surface area (TPSA) is 98.9 Å². The molecule has 1 aliphatic heterocycles. The molecular weight excluding hydrogens is 447 g/mol. The molecule has 0 saturated heterocycles. The van der Waals surface area contributed by atoms with Crippen LogP contribution in [0.25, 0.3) is 16.5 Å². The van der Waals surface area contributed by atoms with Crippen LogP contribution in [0.4, 0.5) is 18.9 Å². The number of dihydropyridines is 1. The lowest BCUT2D eigenvalue weighted by atomic mass is 10.0. The first-order valence-electron chi connectivity index (χ1n) is 10.7. The Morgan fingerprint density at radius 1 is 1.12 bits per heavy atom. The van der Waals surface area contributed by atoms with Gasteiger partial charge in [0.15, 0.2) is 0 Å². The van der Waals surface area contributed by atoms with E-state index in [2.05, 4.69) is 25.9 Å². The molecule has 10 heteroatoms. The number of benzene rings is 1. The van der Waals surface area contributed by atoms with E-state index >= 15 is 0 Å². The molecule has 1 saturated carbocycles. The van der Waals surface area contributed by atoms with Crippen molar-refractivity contribution in [2.75, 3.05) is 5.32 Å². The molecule has 1 aromatic carbocycles. The number of amides is 2. The summed E-state index contributed by atoms with van der Waals surface area (Å²) in [7, 11) is 0. The smallest absolute Gasteiger partial charge is 0.368 e. The zero-order valence-corrected chi connectivity index (χ0v) is 17.7. The third-order valence-electron chi connectivity index (χ3n) is 5.72. The van der Waals surface area contributed by atoms with E-state index in [4.69, 9.17) is 0 Å². The number of hydrogen-bond acceptors (Lipinski definition) is 4. The highest BCUT2D eigenvalue weighted by atomic mass is 19.4. The number of hydrogen-bond donors (Lipinski definition) is 4. The number of carbonyl (C=O) groups is 2. The van der Waals surface area contributed by atoms with Crippen LogP contribution in [0.3, 0.4) is 0 Å². The van der Waals surface area contributed by atoms with E-state index in [-0.39, 0.29) is 23.6 Å². The van der Waals surface area contributed by atoms with E-state index in [0.29, 0.717) is 11.2 Å². The molecule has 2 amide bonds. The molecule has 2 aliphatic rings. The lowest BCUT2D eigenvalue weighted by Gasteiger charge is -2.20. The maximum absolute atomic E-state index is 12.7. The number of allylic oxidation sites excluding steroid dienone is 2. The van der Waals surface area contributed by atoms with Gasteiger partial charge < -0.3 is 20.9 Å². The van der Waals surface area contributed by atoms with Crippen molar-refractivity contribution in [2.24, 2.45) is 5.92 Å². The van der Waals surface area contributed by atoms with Gasteiger partial charge in [-0.25, -0.2) is 0 Å². The van der Waals surface area contributed by atoms with Crippen LogP contribution in [-0.2, 0) is 11.0 Å². The van der Waals surface area contributed by atoms with Crippen molar-refractivity contribution in [2.45, 2.75) is 25.2 Å². The van der Waals surface area contributed by atoms with Gasteiger partial charge in [0.2, 0.25) is 5.91 Å². The van der Waals surface area contributed by atoms with Gasteiger partial charge >= 0.3 is 6.18 Å². The minimum Gasteiger partial charge on any atom is -0.368 e. The second-order valence-electron chi connectivity index (χ2n) is 8.20. The van der Waals surface area contributed by atoms with Gasteiger partial charge in [0.05, 0.1) is 16.8 Å². The van der Waals surface area contributed by atoms with Crippen LogP contribution in [0, 0.1) is 5.92 Å². The van der Waals surface area contributed by atoms with Crippen molar-refractivity contribution in [3.63, 3.8) is 0 Å². The number of nitrogens with one attached hydrogen (secondary N) is 4. The molecule has 1 fully saturated rings. The molecule has 2 aromatic heterocycles. The Morgan fingerprint density at radius 3 is 2.65 bits per heavy atom. The van der Waals surface area contributed by atoms with Crippen LogP contribution in [-0.4, -0.2) is 27.9 Å². The molecule has 1 aliphatic carbocycles. The summed E-state index contributed by atoms with van der Waals surface area (Å²) >= 11 is 0. The standard InChI is InChI=1S/C24H20F3N5O2/c25-24(26,27)19-7-6-15(11-29-19)23(34)31-18-3-1-2-16-17(12-30-21(16)18)14-8-9-28-20(10-14)32-22(33)13-4-5-13/h1-3,6-13,20,28,30H,4-5H2,(H,31,34)(H,32,33). The molecule has 3 heterocycles. The predicted molar refractivity (Wildman–Crippen MR) is 120 cm³/mol. The summed E-state index contributed by atoms with van der Waals surface area (Å²) in [5, 5.41) is 9.65. The maximum atomic E-state index is 12.7. The van der Waals surface area contributed by atoms with Crippen molar-refractivity contribution in [1.82, 2.24) is 20.6 Å². The van der Waals surface area contributed by atoms with Crippen molar-refractivity contribution >= 4 is 34.0 Å². The number of halogens is 3. The molecule has 174 valence electrons. The molecular formula is C24H20F3N5O2. The molecule has 0 bridgehead atoms. The van der Waals surface area contributed by atoms with Crippen LogP contribution in [0.2, 0.25) is 0 Å². The summed E-state index contributed by atoms with van der Waals surface area (Å²) in [6.07, 6.45) is 5.24. The average Bonchev–Trinajstić information content (AvgIpc) is 3.58. The van der Waals surface area contributed by atoms with Crippen molar-refractivity contribution < 1.29 is 22.8 Å². The highest BCUT2D eigenvalue weighted by Crippen LogP contribution is 2.32. The first kappa shape index (κ1) is 21.7. The quantitative estimate of drug-likeness (QED) is 0.452. The Bertz CT molecular complexity index is 1320. The summed E-state index contributed by atoms with van der Waals surface area (Å²) in [6, 6.07) is 7.23. The lowest BCUT2D eigenvalue weighted by molar-refractivity contribution is -0.141. The summed E-state index contributed by atoms with van der Waals surface area (Å²) in [5.74, 6) is -0.442. The molecule has 7 nitrogen and oxygen atoms in total. The molecule has 4 N–H and O–H groups in total. The Morgan fingerprint density at radius 2 is 1.94 bits per heavy atom. The van der Waals surface area contributed by atoms with E-state index in [0.717, 1.165) is 47.7 Å². The normalized spacial score (nSPS) is 17.7. The van der Waals surface area contributed by atoms with Crippen LogP contribution in [0.5, 0.6) is 0 Å². The maximum Gasteiger partial charge on any atom is 0.433 e. The number of alkyl halides is 3. The van der Waals surface area contributed by atoms with Crippen molar-refractivity contribution in [3.05, 3.63) is 77.9 Å². The van der Waals surface area contributed by atoms with E-state index in [9.17, 15) is 22.8 Å². The molecule has 34 heavy (non-hydrogen) atoms. The number of nitrogens with zero attached hydrogens (tertiary/aromatic N) is 1. The highest BCUT2D eigenvalue weighted by molar-refractivity contribution is 6.10. The van der Waals surface area contributed by atoms with E-state index in [1.165, 1.54) is 0 Å². The number of H-pyrrole nitrogens is 1. The van der Waals surface area contributed by atoms with Crippen molar-refractivity contribution in [1.29, 1.82) is 0 Å². The zero-order valence-electron chi connectivity index (χ0n) is 17.7. The van der Waals surface area contributed by atoms with Gasteiger partial charge in [0, 0.05) is 29.3 Å². The third kappa shape index (κ3) is 4.39. The van der Waals surface area contributed by atoms with Gasteiger partial charge in [-0.15, -0.1) is 0 Å². The third-order valence-corrected chi connectivity index (χ3v) is 5.72. The number of aromatic amines is 1. The Kier molecular flexibility index (Phi) is 5.35. The van der Waals surface area contributed by atoms with Gasteiger partial charge in [0.1, 0.15) is 11.9 Å². The van der Waals surface area contributed by atoms with Crippen molar-refractivity contribution in [3.8, 4) is 0 Å². The van der Waals surface area contributed by atoms with Crippen LogP contribution < -0.4 is 16.0 Å². The summed E-state index contributed by atoms with van der Waals surface area (Å²) in [4.78, 5) is 31.2. The summed E-state index contributed by atoms with van der Waals surface area (Å²) in [5.41, 5.74) is 1.86. The molecule has 1 atom stereocenters. The summed E-state index contributed by atoms with van der Waals surface area (Å²) in [6.45, 7) is 0. The first-order valence-corrected chi connectivity index (χ1v) is 10.7. The molecule has 1 unspecified atom stereocenters. The summed E-state index contributed by atoms with van der Waals surface area (Å²) < 4.78 is 38.2. The SMILES string of the molecule is O=C(Nc1cccc2c(C3=CC(NC(=O)C4CC4)NC=C3)c[nH]c12)c1ccc(C(F)(F)F)nc1. The van der Waals surface area contributed by atoms with E-state index < -0.39 is 17.8 Å². The highest BCUT2D eigenvalue weighted by Gasteiger charge is 2.32. The number of rotatable bonds is 5. The molecule has 0 spiro atoms. The lowest BCUT2D eigenvalue weighted by Crippen LogP contribution is -2.43. The number of fused-ring (bicyclic) bond motifs is 1. The molecule has 3 aromatic rings. The van der Waals surface area contributed by atoms with Gasteiger partial charge in [-0.2, -0.15) is 13.2 Å². The second kappa shape index (κ2) is 8.36. The zero-order chi connectivity index (χ0) is 23.9. The number of para-hydroxylation sites is 1. The average molecular weight is 467 g/mol. The van der Waals surface area contributed by atoms with Gasteiger partial charge in [-0.3, -0.25) is 14.6 Å². The monoisotopic (exact) mass is 467 g/mol. The van der Waals surface area contributed by atoms with E-state index in [1.54, 1.807) is 24.5 Å². The Hall–Kier alpha value is -4.08. The van der Waals surface area contributed by atoms with Crippen LogP contribution >= 0.6 is 0 Å². The van der Waals surface area contributed by atoms with Gasteiger partial charge in [0.25, 0.3) is 5.91 Å². The van der Waals surface area contributed by atoms with Gasteiger partial charge in [-0.05, 0) is 55.0 Å². The fourth-order valence-corrected chi connectivity index (χ4v) is 3.79. The Balaban J connectivity index is 1.37. The number of pyridine rings is 1. The Labute approximate surface area is 192 Å². The predicted octanol–water partition coefficient (Wildman–Crippen LogP) is 4.19. The fourth-order valence-electron chi connectivity index (χ4n) is 3.79. The number of anilines is 1. The minimum atomic E-state index is -4.57. The van der Waals surface area contributed by atoms with E-state index in [1.807, 2.05) is 18.2 Å². The molecule has 0 radical (unpaired) electrons. The largest absolute Gasteiger partial charge is 0.433 e.